The number of aromatic nitrogens is 2. The van der Waals surface area contributed by atoms with Crippen molar-refractivity contribution in [2.24, 2.45) is 0 Å². The normalized spacial score (nSPS) is 9.38. The van der Waals surface area contributed by atoms with E-state index in [1.54, 1.807) is 12.4 Å². The molecule has 1 aromatic rings. The minimum atomic E-state index is 0.441. The van der Waals surface area contributed by atoms with Crippen molar-refractivity contribution < 1.29 is 4.74 Å². The highest BCUT2D eigenvalue weighted by Gasteiger charge is 2.03. The highest BCUT2D eigenvalue weighted by Crippen LogP contribution is 2.16. The fraction of sp³-hybridized carbons (Fsp3) is 0.250. The smallest absolute Gasteiger partial charge is 0.257 e. The molecule has 1 heterocycles. The van der Waals surface area contributed by atoms with E-state index in [0.717, 1.165) is 0 Å². The fourth-order valence-corrected chi connectivity index (χ4v) is 0.842. The third-order valence-electron chi connectivity index (χ3n) is 1.31. The molecule has 1 aromatic heterocycles. The van der Waals surface area contributed by atoms with Gasteiger partial charge < -0.3 is 10.1 Å². The number of hydrogen-bond acceptors (Lipinski definition) is 4. The molecule has 0 aliphatic carbocycles. The van der Waals surface area contributed by atoms with Crippen molar-refractivity contribution in [2.45, 2.75) is 0 Å². The Labute approximate surface area is 81.6 Å². The predicted molar refractivity (Wildman–Crippen MR) is 52.1 cm³/mol. The van der Waals surface area contributed by atoms with Gasteiger partial charge in [0.25, 0.3) is 5.88 Å². The van der Waals surface area contributed by atoms with Gasteiger partial charge in [0.1, 0.15) is 0 Å². The molecule has 0 amide bonds. The molecule has 0 spiro atoms. The van der Waals surface area contributed by atoms with Crippen LogP contribution in [0.2, 0.25) is 0 Å². The van der Waals surface area contributed by atoms with Crippen LogP contribution in [0.1, 0.15) is 0 Å². The van der Waals surface area contributed by atoms with Crippen LogP contribution in [0.4, 0.5) is 5.82 Å². The first-order valence-electron chi connectivity index (χ1n) is 3.66. The van der Waals surface area contributed by atoms with E-state index in [9.17, 15) is 0 Å². The van der Waals surface area contributed by atoms with Gasteiger partial charge in [0, 0.05) is 17.4 Å². The predicted octanol–water partition coefficient (Wildman–Crippen LogP) is 1.65. The van der Waals surface area contributed by atoms with Gasteiger partial charge in [-0.15, -0.1) is 0 Å². The van der Waals surface area contributed by atoms with Crippen LogP contribution in [-0.4, -0.2) is 23.6 Å². The molecule has 70 valence electrons. The Bertz CT molecular complexity index is 303. The molecule has 1 rings (SSSR count). The van der Waals surface area contributed by atoms with Crippen LogP contribution in [0.25, 0.3) is 0 Å². The highest BCUT2D eigenvalue weighted by atomic mass is 35.5. The third kappa shape index (κ3) is 2.91. The maximum atomic E-state index is 5.58. The summed E-state index contributed by atoms with van der Waals surface area (Å²) in [6.45, 7) is 3.98. The number of halogens is 1. The van der Waals surface area contributed by atoms with Crippen LogP contribution >= 0.6 is 11.6 Å². The molecule has 5 heteroatoms. The van der Waals surface area contributed by atoms with E-state index in [1.807, 2.05) is 0 Å². The average Bonchev–Trinajstić information content (AvgIpc) is 2.15. The van der Waals surface area contributed by atoms with Crippen LogP contribution in [0, 0.1) is 0 Å². The molecule has 0 saturated heterocycles. The van der Waals surface area contributed by atoms with Gasteiger partial charge in [-0.25, -0.2) is 9.97 Å². The Morgan fingerprint density at radius 3 is 2.92 bits per heavy atom. The van der Waals surface area contributed by atoms with Crippen molar-refractivity contribution in [3.63, 3.8) is 0 Å². The van der Waals surface area contributed by atoms with Gasteiger partial charge >= 0.3 is 0 Å². The Balaban J connectivity index is 2.69. The van der Waals surface area contributed by atoms with Crippen LogP contribution in [-0.2, 0) is 0 Å². The van der Waals surface area contributed by atoms with Gasteiger partial charge in [-0.3, -0.25) is 0 Å². The monoisotopic (exact) mass is 199 g/mol. The zero-order chi connectivity index (χ0) is 9.68. The number of nitrogens with zero attached hydrogens (tertiary/aromatic N) is 2. The number of methoxy groups -OCH3 is 1. The summed E-state index contributed by atoms with van der Waals surface area (Å²) in [6.07, 6.45) is 3.13. The lowest BCUT2D eigenvalue weighted by molar-refractivity contribution is 0.398. The number of ether oxygens (including phenoxy) is 1. The molecule has 4 nitrogen and oxygen atoms in total. The zero-order valence-corrected chi connectivity index (χ0v) is 8.01. The quantitative estimate of drug-likeness (QED) is 0.801. The van der Waals surface area contributed by atoms with Gasteiger partial charge in [-0.2, -0.15) is 0 Å². The molecule has 1 N–H and O–H groups in total. The molecular formula is C8H10ClN3O. The van der Waals surface area contributed by atoms with Crippen molar-refractivity contribution in [1.82, 2.24) is 9.97 Å². The van der Waals surface area contributed by atoms with E-state index in [1.165, 1.54) is 7.11 Å². The molecule has 0 bridgehead atoms. The zero-order valence-electron chi connectivity index (χ0n) is 7.25. The van der Waals surface area contributed by atoms with Crippen molar-refractivity contribution >= 4 is 17.4 Å². The molecule has 0 saturated carbocycles. The van der Waals surface area contributed by atoms with Gasteiger partial charge in [0.2, 0.25) is 0 Å². The Kier molecular flexibility index (Phi) is 3.52. The maximum Gasteiger partial charge on any atom is 0.257 e. The van der Waals surface area contributed by atoms with Gasteiger partial charge in [-0.05, 0) is 0 Å². The lowest BCUT2D eigenvalue weighted by Gasteiger charge is -2.06. The summed E-state index contributed by atoms with van der Waals surface area (Å²) in [5, 5.41) is 3.44. The highest BCUT2D eigenvalue weighted by molar-refractivity contribution is 6.29. The van der Waals surface area contributed by atoms with Crippen LogP contribution in [0.5, 0.6) is 5.88 Å². The minimum Gasteiger partial charge on any atom is -0.478 e. The molecule has 0 unspecified atom stereocenters. The minimum absolute atomic E-state index is 0.441. The van der Waals surface area contributed by atoms with Crippen LogP contribution in [0.3, 0.4) is 0 Å². The summed E-state index contributed by atoms with van der Waals surface area (Å²) in [6, 6.07) is 0. The summed E-state index contributed by atoms with van der Waals surface area (Å²) in [4.78, 5) is 7.98. The number of rotatable bonds is 4. The summed E-state index contributed by atoms with van der Waals surface area (Å²) in [5.41, 5.74) is 0. The Morgan fingerprint density at radius 2 is 2.31 bits per heavy atom. The van der Waals surface area contributed by atoms with Crippen molar-refractivity contribution in [2.75, 3.05) is 19.0 Å². The first kappa shape index (κ1) is 9.80. The van der Waals surface area contributed by atoms with Crippen molar-refractivity contribution in [3.05, 3.63) is 24.0 Å². The third-order valence-corrected chi connectivity index (χ3v) is 1.44. The first-order valence-corrected chi connectivity index (χ1v) is 4.04. The van der Waals surface area contributed by atoms with E-state index in [4.69, 9.17) is 16.3 Å². The average molecular weight is 200 g/mol. The topological polar surface area (TPSA) is 47.0 Å². The number of nitrogens with one attached hydrogen (secondary N) is 1. The summed E-state index contributed by atoms with van der Waals surface area (Å²) >= 11 is 5.58. The SMILES string of the molecule is C=C(Cl)CNc1nccnc1OC. The lowest BCUT2D eigenvalue weighted by Crippen LogP contribution is -2.05. The van der Waals surface area contributed by atoms with Crippen LogP contribution < -0.4 is 10.1 Å². The molecule has 0 radical (unpaired) electrons. The van der Waals surface area contributed by atoms with Crippen molar-refractivity contribution in [1.29, 1.82) is 0 Å². The van der Waals surface area contributed by atoms with E-state index in [-0.39, 0.29) is 0 Å². The summed E-state index contributed by atoms with van der Waals surface area (Å²) < 4.78 is 4.97. The molecule has 0 aliphatic rings. The Morgan fingerprint density at radius 1 is 1.62 bits per heavy atom. The van der Waals surface area contributed by atoms with E-state index in [2.05, 4.69) is 21.9 Å². The molecule has 0 aromatic carbocycles. The molecule has 13 heavy (non-hydrogen) atoms. The van der Waals surface area contributed by atoms with E-state index >= 15 is 0 Å². The number of anilines is 1. The second kappa shape index (κ2) is 4.67. The lowest BCUT2D eigenvalue weighted by atomic mass is 10.5. The fourth-order valence-electron chi connectivity index (χ4n) is 0.776. The van der Waals surface area contributed by atoms with Gasteiger partial charge in [0.05, 0.1) is 13.7 Å². The second-order valence-electron chi connectivity index (χ2n) is 2.29. The van der Waals surface area contributed by atoms with Crippen molar-refractivity contribution in [3.8, 4) is 5.88 Å². The maximum absolute atomic E-state index is 5.58. The van der Waals surface area contributed by atoms with Gasteiger partial charge in [0.15, 0.2) is 5.82 Å². The summed E-state index contributed by atoms with van der Waals surface area (Å²) in [7, 11) is 1.53. The Hall–Kier alpha value is -1.29. The molecular weight excluding hydrogens is 190 g/mol. The van der Waals surface area contributed by atoms with Crippen LogP contribution in [0.15, 0.2) is 24.0 Å². The molecule has 0 atom stereocenters. The molecule has 0 aliphatic heterocycles. The van der Waals surface area contributed by atoms with Gasteiger partial charge in [-0.1, -0.05) is 18.2 Å². The first-order chi connectivity index (χ1) is 6.24. The summed E-state index contributed by atoms with van der Waals surface area (Å²) in [5.74, 6) is 1.01. The van der Waals surface area contributed by atoms with E-state index in [0.29, 0.717) is 23.3 Å². The van der Waals surface area contributed by atoms with E-state index < -0.39 is 0 Å². The largest absolute Gasteiger partial charge is 0.478 e. The number of hydrogen-bond donors (Lipinski definition) is 1. The second-order valence-corrected chi connectivity index (χ2v) is 2.82. The standard InChI is InChI=1S/C8H10ClN3O/c1-6(9)5-12-7-8(13-2)11-4-3-10-7/h3-4H,1,5H2,2H3,(H,10,12). The molecule has 0 fully saturated rings.